The summed E-state index contributed by atoms with van der Waals surface area (Å²) < 4.78 is 27.8. The van der Waals surface area contributed by atoms with Gasteiger partial charge in [-0.25, -0.2) is 0 Å². The minimum atomic E-state index is -1.23. The fourth-order valence-corrected chi connectivity index (χ4v) is 3.17. The predicted molar refractivity (Wildman–Crippen MR) is 92.6 cm³/mol. The molecular formula is C17H13As2NO6. The van der Waals surface area contributed by atoms with Crippen LogP contribution < -0.4 is 8.70 Å². The Morgan fingerprint density at radius 1 is 0.808 bits per heavy atom. The molecule has 2 rings (SSSR count). The van der Waals surface area contributed by atoms with Crippen LogP contribution in [0.25, 0.3) is 0 Å². The van der Waals surface area contributed by atoms with Crippen LogP contribution in [0.5, 0.6) is 0 Å². The van der Waals surface area contributed by atoms with Gasteiger partial charge in [0.1, 0.15) is 0 Å². The Morgan fingerprint density at radius 3 is 1.50 bits per heavy atom. The molecule has 0 saturated heterocycles. The maximum absolute atomic E-state index is 12.7. The van der Waals surface area contributed by atoms with E-state index >= 15 is 0 Å². The molecule has 0 unspecified atom stereocenters. The van der Waals surface area contributed by atoms with Gasteiger partial charge in [-0.1, -0.05) is 0 Å². The molecule has 9 heteroatoms. The number of rotatable bonds is 5. The van der Waals surface area contributed by atoms with Gasteiger partial charge in [-0.05, 0) is 0 Å². The van der Waals surface area contributed by atoms with E-state index in [-0.39, 0.29) is 17.7 Å². The van der Waals surface area contributed by atoms with Crippen LogP contribution in [-0.4, -0.2) is 60.8 Å². The summed E-state index contributed by atoms with van der Waals surface area (Å²) in [4.78, 5) is 38.0. The van der Waals surface area contributed by atoms with Crippen LogP contribution in [0.4, 0.5) is 4.79 Å². The zero-order valence-electron chi connectivity index (χ0n) is 13.6. The van der Waals surface area contributed by atoms with Crippen molar-refractivity contribution in [2.75, 3.05) is 6.61 Å². The second kappa shape index (κ2) is 9.46. The number of hydrogen-bond acceptors (Lipinski definition) is 6. The molecule has 7 nitrogen and oxygen atoms in total. The number of benzene rings is 2. The van der Waals surface area contributed by atoms with Gasteiger partial charge in [-0.3, -0.25) is 0 Å². The normalized spacial score (nSPS) is 10.5. The van der Waals surface area contributed by atoms with E-state index in [1.165, 1.54) is 48.5 Å². The van der Waals surface area contributed by atoms with Crippen LogP contribution in [0.15, 0.2) is 48.5 Å². The number of carbonyl (C=O) groups excluding carboxylic acids is 3. The average molecular weight is 477 g/mol. The minimum absolute atomic E-state index is 0.00626. The first-order valence-electron chi connectivity index (χ1n) is 7.44. The van der Waals surface area contributed by atoms with Gasteiger partial charge in [0.2, 0.25) is 0 Å². The summed E-state index contributed by atoms with van der Waals surface area (Å²) in [6, 6.07) is 11.6. The molecule has 3 amide bonds. The number of amides is 3. The van der Waals surface area contributed by atoms with Gasteiger partial charge in [0.15, 0.2) is 0 Å². The fraction of sp³-hybridized carbons (Fsp3) is 0.118. The van der Waals surface area contributed by atoms with Crippen molar-refractivity contribution in [3.8, 4) is 0 Å². The van der Waals surface area contributed by atoms with Crippen LogP contribution in [-0.2, 0) is 12.2 Å². The third-order valence-corrected chi connectivity index (χ3v) is 5.43. The number of carbonyl (C=O) groups is 3. The molecule has 0 N–H and O–H groups in total. The molecule has 0 spiro atoms. The van der Waals surface area contributed by atoms with Crippen molar-refractivity contribution in [1.82, 2.24) is 4.90 Å². The van der Waals surface area contributed by atoms with Crippen LogP contribution in [0.1, 0.15) is 27.6 Å². The molecule has 0 heterocycles. The first-order chi connectivity index (χ1) is 12.5. The van der Waals surface area contributed by atoms with Crippen molar-refractivity contribution in [3.63, 3.8) is 0 Å². The summed E-state index contributed by atoms with van der Waals surface area (Å²) in [6.45, 7) is 1.55. The van der Waals surface area contributed by atoms with E-state index in [1.807, 2.05) is 0 Å². The van der Waals surface area contributed by atoms with Crippen LogP contribution in [0.3, 0.4) is 0 Å². The van der Waals surface area contributed by atoms with Gasteiger partial charge in [-0.2, -0.15) is 0 Å². The van der Waals surface area contributed by atoms with E-state index in [2.05, 4.69) is 0 Å². The Kier molecular flexibility index (Phi) is 7.31. The first kappa shape index (κ1) is 20.1. The van der Waals surface area contributed by atoms with E-state index in [4.69, 9.17) is 4.74 Å². The summed E-state index contributed by atoms with van der Waals surface area (Å²) in [7, 11) is 0. The standard InChI is InChI=1S/C17H13As2NO6/c1-2-26-17(23)20(15(21)11-3-7-13(18-24)8-4-11)16(22)12-5-9-14(19-25)10-6-12/h3-10H,2H2,1H3. The quantitative estimate of drug-likeness (QED) is 0.459. The van der Waals surface area contributed by atoms with E-state index in [0.29, 0.717) is 13.6 Å². The van der Waals surface area contributed by atoms with E-state index in [1.54, 1.807) is 6.92 Å². The summed E-state index contributed by atoms with van der Waals surface area (Å²) in [5.74, 6) is -1.69. The zero-order valence-corrected chi connectivity index (χ0v) is 17.4. The van der Waals surface area contributed by atoms with Gasteiger partial charge in [-0.15, -0.1) is 0 Å². The number of ether oxygens (including phenoxy) is 1. The summed E-state index contributed by atoms with van der Waals surface area (Å²) in [5.41, 5.74) is 0.178. The average Bonchev–Trinajstić information content (AvgIpc) is 2.68. The van der Waals surface area contributed by atoms with Crippen molar-refractivity contribution in [1.29, 1.82) is 0 Å². The molecule has 26 heavy (non-hydrogen) atoms. The number of hydrogen-bond donors (Lipinski definition) is 0. The fourth-order valence-electron chi connectivity index (χ4n) is 2.03. The molecule has 0 bridgehead atoms. The molecule has 0 aliphatic heterocycles. The van der Waals surface area contributed by atoms with Gasteiger partial charge >= 0.3 is 163 Å². The second-order valence-corrected chi connectivity index (χ2v) is 7.85. The topological polar surface area (TPSA) is 97.8 Å². The van der Waals surface area contributed by atoms with Gasteiger partial charge in [0, 0.05) is 0 Å². The Bertz CT molecular complexity index is 785. The summed E-state index contributed by atoms with van der Waals surface area (Å²) >= 11 is -2.46. The molecule has 132 valence electrons. The van der Waals surface area contributed by atoms with Crippen molar-refractivity contribution in [2.45, 2.75) is 6.92 Å². The third-order valence-electron chi connectivity index (χ3n) is 3.30. The molecule has 0 radical (unpaired) electrons. The molecule has 0 fully saturated rings. The Balaban J connectivity index is 2.38. The molecule has 0 aromatic heterocycles. The van der Waals surface area contributed by atoms with Crippen LogP contribution >= 0.6 is 0 Å². The summed E-state index contributed by atoms with van der Waals surface area (Å²) in [5, 5.41) is 0. The Hall–Kier alpha value is -2.23. The second-order valence-electron chi connectivity index (χ2n) is 4.92. The first-order valence-corrected chi connectivity index (χ1v) is 10.8. The maximum atomic E-state index is 12.7. The molecule has 2 aromatic carbocycles. The van der Waals surface area contributed by atoms with Gasteiger partial charge in [0.05, 0.1) is 0 Å². The van der Waals surface area contributed by atoms with Crippen molar-refractivity contribution < 1.29 is 26.6 Å². The monoisotopic (exact) mass is 477 g/mol. The molecule has 0 saturated carbocycles. The van der Waals surface area contributed by atoms with E-state index < -0.39 is 49.3 Å². The predicted octanol–water partition coefficient (Wildman–Crippen LogP) is 0.476. The van der Waals surface area contributed by atoms with E-state index in [9.17, 15) is 21.9 Å². The number of imide groups is 3. The van der Waals surface area contributed by atoms with E-state index in [0.717, 1.165) is 0 Å². The van der Waals surface area contributed by atoms with Crippen molar-refractivity contribution in [3.05, 3.63) is 59.7 Å². The SMILES string of the molecule is CCOC(=O)N(C(=O)c1ccc([As]=O)cc1)C(=O)c1ccc([As]=O)cc1. The number of nitrogens with zero attached hydrogens (tertiary/aromatic N) is 1. The third kappa shape index (κ3) is 4.68. The Labute approximate surface area is 162 Å². The van der Waals surface area contributed by atoms with Crippen LogP contribution in [0, 0.1) is 0 Å². The molecule has 2 aromatic rings. The van der Waals surface area contributed by atoms with Crippen LogP contribution in [0.2, 0.25) is 0 Å². The van der Waals surface area contributed by atoms with Gasteiger partial charge in [0.25, 0.3) is 0 Å². The molecular weight excluding hydrogens is 464 g/mol. The summed E-state index contributed by atoms with van der Waals surface area (Å²) in [6.07, 6.45) is -1.08. The van der Waals surface area contributed by atoms with Gasteiger partial charge < -0.3 is 0 Å². The Morgan fingerprint density at radius 2 is 1.19 bits per heavy atom. The molecule has 0 atom stereocenters. The van der Waals surface area contributed by atoms with Crippen molar-refractivity contribution >= 4 is 58.0 Å². The van der Waals surface area contributed by atoms with Crippen molar-refractivity contribution in [2.24, 2.45) is 0 Å². The zero-order chi connectivity index (χ0) is 19.1. The molecule has 0 aliphatic carbocycles. The molecule has 0 aliphatic rings.